The monoisotopic (exact) mass is 1100 g/mol. The second kappa shape index (κ2) is 21.4. The van der Waals surface area contributed by atoms with Crippen molar-refractivity contribution < 1.29 is 48.4 Å². The summed E-state index contributed by atoms with van der Waals surface area (Å²) in [5, 5.41) is 25.2. The van der Waals surface area contributed by atoms with E-state index in [9.17, 15) is 38.9 Å². The number of azo groups is 2. The molecule has 5 N–H and O–H groups in total. The predicted molar refractivity (Wildman–Crippen MR) is 270 cm³/mol. The molecule has 0 spiro atoms. The molecule has 24 nitrogen and oxygen atoms in total. The lowest BCUT2D eigenvalue weighted by atomic mass is 10.2. The summed E-state index contributed by atoms with van der Waals surface area (Å²) >= 11 is 4.27. The number of thioether (sulfide) groups is 1. The van der Waals surface area contributed by atoms with E-state index in [2.05, 4.69) is 64.6 Å². The Morgan fingerprint density at radius 3 is 1.42 bits per heavy atom. The number of hydrogen-bond acceptors (Lipinski definition) is 26. The largest absolute Gasteiger partial charge is 0.494 e. The number of hydrogen-bond donors (Lipinski definition) is 5. The highest BCUT2D eigenvalue weighted by atomic mass is 32.3. The quantitative estimate of drug-likeness (QED) is 0.0239. The van der Waals surface area contributed by atoms with Crippen LogP contribution in [0.5, 0.6) is 11.5 Å². The summed E-state index contributed by atoms with van der Waals surface area (Å²) in [6.45, 7) is 10.6. The molecule has 0 atom stereocenters. The van der Waals surface area contributed by atoms with Crippen LogP contribution >= 0.6 is 57.5 Å². The second-order valence-electron chi connectivity index (χ2n) is 13.9. The summed E-state index contributed by atoms with van der Waals surface area (Å²) in [5.74, 6) is -1.02. The molecule has 0 fully saturated rings. The van der Waals surface area contributed by atoms with Crippen LogP contribution in [-0.2, 0) is 30.4 Å². The molecule has 7 aromatic rings. The van der Waals surface area contributed by atoms with E-state index in [0.717, 1.165) is 68.9 Å². The van der Waals surface area contributed by atoms with Crippen LogP contribution in [0.15, 0.2) is 70.4 Å². The van der Waals surface area contributed by atoms with Crippen molar-refractivity contribution in [3.63, 3.8) is 0 Å². The van der Waals surface area contributed by atoms with E-state index in [4.69, 9.17) is 9.47 Å². The lowest BCUT2D eigenvalue weighted by Gasteiger charge is -2.22. The summed E-state index contributed by atoms with van der Waals surface area (Å²) in [5.41, 5.74) is 2.88. The number of nitrogens with zero attached hydrogens (tertiary/aromatic N) is 11. The molecule has 0 saturated heterocycles. The van der Waals surface area contributed by atoms with Crippen LogP contribution in [0, 0.1) is 0 Å². The third kappa shape index (κ3) is 11.8. The number of anilines is 6. The molecule has 0 aliphatic heterocycles. The van der Waals surface area contributed by atoms with Gasteiger partial charge in [-0.25, -0.2) is 0 Å². The number of methoxy groups -OCH3 is 2. The lowest BCUT2D eigenvalue weighted by Crippen LogP contribution is -2.21. The molecule has 0 amide bonds. The summed E-state index contributed by atoms with van der Waals surface area (Å²) < 4.78 is 119. The van der Waals surface area contributed by atoms with Gasteiger partial charge >= 0.3 is 20.2 Å². The Hall–Kier alpha value is -5.29. The first kappa shape index (κ1) is 51.6. The number of thiophene rings is 2. The van der Waals surface area contributed by atoms with Gasteiger partial charge in [0.05, 0.1) is 42.1 Å². The maximum atomic E-state index is 12.1. The molecule has 368 valence electrons. The fraction of sp³-hybridized carbons (Fsp3) is 0.324. The minimum atomic E-state index is -4.64. The smallest absolute Gasteiger partial charge is 0.307 e. The molecule has 0 bridgehead atoms. The predicted octanol–water partition coefficient (Wildman–Crippen LogP) is 9.71. The molecular weight excluding hydrogens is 1060 g/mol. The van der Waals surface area contributed by atoms with Crippen LogP contribution in [0.25, 0.3) is 20.4 Å². The molecule has 0 saturated carbocycles. The molecular formula is C37H41N13O11S8. The van der Waals surface area contributed by atoms with Crippen molar-refractivity contribution in [3.8, 4) is 11.5 Å². The summed E-state index contributed by atoms with van der Waals surface area (Å²) in [6, 6.07) is 10.7. The molecule has 0 radical (unpaired) electrons. The highest BCUT2D eigenvalue weighted by molar-refractivity contribution is 8.00. The maximum absolute atomic E-state index is 12.1. The van der Waals surface area contributed by atoms with E-state index in [-0.39, 0.29) is 76.1 Å². The molecule has 32 heteroatoms. The topological polar surface area (TPSA) is 326 Å². The van der Waals surface area contributed by atoms with Crippen molar-refractivity contribution in [1.82, 2.24) is 23.7 Å². The minimum absolute atomic E-state index is 0.0261. The fourth-order valence-electron chi connectivity index (χ4n) is 6.59. The zero-order valence-corrected chi connectivity index (χ0v) is 43.5. The first-order chi connectivity index (χ1) is 32.8. The van der Waals surface area contributed by atoms with E-state index >= 15 is 0 Å². The van der Waals surface area contributed by atoms with Crippen molar-refractivity contribution in [2.75, 3.05) is 72.3 Å². The van der Waals surface area contributed by atoms with Crippen molar-refractivity contribution in [2.45, 2.75) is 41.3 Å². The lowest BCUT2D eigenvalue weighted by molar-refractivity contribution is 0.406. The standard InChI is InChI=1S/C37H41N13O11S8/c1-7-49(8-2)19-11-13-21(43-45-29-25-27(60-5)33(68(54,55)56)63-31(25)47-65-29)23(17-19)38-35-40-36(42-37(41-35)62-15-16-67(51,52)53)39-24-18-20(50(9-3)10-4)12-14-22(24)44-46-30-26-28(61-6)34(69(57,58)59)64-32(26)48-66-30/h11-14,17-18H,7-10,15-16H2,1-6H3,(H,51,52,53)(H,54,55,56)(H,57,58,59)(H2,38,39,40,41,42)/b45-43+,46-44+. The van der Waals surface area contributed by atoms with Gasteiger partial charge < -0.3 is 29.9 Å². The van der Waals surface area contributed by atoms with E-state index in [1.165, 1.54) is 14.2 Å². The fourth-order valence-corrected chi connectivity index (χ4v) is 13.8. The average molecular weight is 1100 g/mol. The van der Waals surface area contributed by atoms with Gasteiger partial charge in [0.25, 0.3) is 10.1 Å². The number of ether oxygens (including phenoxy) is 2. The first-order valence-corrected chi connectivity index (χ1v) is 28.8. The van der Waals surface area contributed by atoms with Crippen molar-refractivity contribution in [1.29, 1.82) is 0 Å². The van der Waals surface area contributed by atoms with Gasteiger partial charge in [0.2, 0.25) is 11.9 Å². The van der Waals surface area contributed by atoms with Crippen LogP contribution in [0.1, 0.15) is 27.7 Å². The molecule has 2 aromatic carbocycles. The number of aromatic nitrogens is 5. The van der Waals surface area contributed by atoms with Crippen LogP contribution in [0.4, 0.5) is 56.0 Å². The van der Waals surface area contributed by atoms with Gasteiger partial charge in [-0.3, -0.25) is 13.7 Å². The highest BCUT2D eigenvalue weighted by Crippen LogP contribution is 2.49. The Morgan fingerprint density at radius 2 is 1.06 bits per heavy atom. The average Bonchev–Trinajstić information content (AvgIpc) is 4.07. The van der Waals surface area contributed by atoms with E-state index in [1.54, 1.807) is 24.3 Å². The van der Waals surface area contributed by atoms with Gasteiger partial charge in [-0.2, -0.15) is 49.0 Å². The van der Waals surface area contributed by atoms with Crippen LogP contribution in [-0.4, -0.2) is 115 Å². The molecule has 7 rings (SSSR count). The third-order valence-corrected chi connectivity index (χ3v) is 18.1. The van der Waals surface area contributed by atoms with Gasteiger partial charge in [0, 0.05) is 43.3 Å². The Labute approximate surface area is 415 Å². The highest BCUT2D eigenvalue weighted by Gasteiger charge is 2.29. The molecule has 0 unspecified atom stereocenters. The number of rotatable bonds is 22. The van der Waals surface area contributed by atoms with E-state index < -0.39 is 44.5 Å². The van der Waals surface area contributed by atoms with Crippen LogP contribution in [0.2, 0.25) is 0 Å². The van der Waals surface area contributed by atoms with Gasteiger partial charge in [0.1, 0.15) is 21.0 Å². The maximum Gasteiger partial charge on any atom is 0.307 e. The first-order valence-electron chi connectivity index (χ1n) is 20.2. The summed E-state index contributed by atoms with van der Waals surface area (Å²) in [6.07, 6.45) is 0. The van der Waals surface area contributed by atoms with Gasteiger partial charge in [-0.15, -0.1) is 20.5 Å². The number of nitrogens with one attached hydrogen (secondary N) is 2. The van der Waals surface area contributed by atoms with Crippen molar-refractivity contribution in [2.24, 2.45) is 20.5 Å². The molecule has 69 heavy (non-hydrogen) atoms. The van der Waals surface area contributed by atoms with E-state index in [0.29, 0.717) is 37.6 Å². The zero-order chi connectivity index (χ0) is 49.8. The second-order valence-corrected chi connectivity index (χ2v) is 23.3. The zero-order valence-electron chi connectivity index (χ0n) is 37.0. The number of benzene rings is 2. The normalized spacial score (nSPS) is 12.5. The summed E-state index contributed by atoms with van der Waals surface area (Å²) in [4.78, 5) is 18.5. The van der Waals surface area contributed by atoms with Gasteiger partial charge in [0.15, 0.2) is 35.1 Å². The van der Waals surface area contributed by atoms with Crippen LogP contribution in [0.3, 0.4) is 0 Å². The SMILES string of the molecule is CCN(CC)c1ccc(/N=N/c2snc3sc(S(=O)(=O)O)c(OC)c23)c(Nc2nc(Nc3cc(N(CC)CC)ccc3/N=N/c3snc4sc(S(=O)(=O)O)c(OC)c34)nc(SCCS(=O)(=O)O)n2)c1. The van der Waals surface area contributed by atoms with Crippen molar-refractivity contribution >= 4 is 164 Å². The molecule has 0 aliphatic carbocycles. The Bertz CT molecular complexity index is 3220. The van der Waals surface area contributed by atoms with Crippen LogP contribution < -0.4 is 29.9 Å². The minimum Gasteiger partial charge on any atom is -0.494 e. The van der Waals surface area contributed by atoms with Gasteiger partial charge in [-0.1, -0.05) is 34.4 Å². The number of fused-ring (bicyclic) bond motifs is 2. The Balaban J connectivity index is 1.31. The molecule has 0 aliphatic rings. The Morgan fingerprint density at radius 1 is 0.638 bits per heavy atom. The van der Waals surface area contributed by atoms with Crippen molar-refractivity contribution in [3.05, 3.63) is 36.4 Å². The molecule has 5 heterocycles. The molecule has 5 aromatic heterocycles. The van der Waals surface area contributed by atoms with Gasteiger partial charge in [-0.05, 0) is 87.2 Å². The Kier molecular flexibility index (Phi) is 16.0. The summed E-state index contributed by atoms with van der Waals surface area (Å²) in [7, 11) is -11.1. The van der Waals surface area contributed by atoms with E-state index in [1.807, 2.05) is 39.8 Å². The third-order valence-electron chi connectivity index (χ3n) is 9.76.